The highest BCUT2D eigenvalue weighted by atomic mass is 16.5. The van der Waals surface area contributed by atoms with Crippen molar-refractivity contribution in [2.45, 2.75) is 45.4 Å². The van der Waals surface area contributed by atoms with Crippen molar-refractivity contribution < 1.29 is 9.53 Å². The fourth-order valence-corrected chi connectivity index (χ4v) is 2.45. The molecule has 1 aromatic rings. The van der Waals surface area contributed by atoms with Crippen molar-refractivity contribution in [3.05, 3.63) is 35.4 Å². The lowest BCUT2D eigenvalue weighted by molar-refractivity contribution is -0.120. The summed E-state index contributed by atoms with van der Waals surface area (Å²) < 4.78 is 5.60. The van der Waals surface area contributed by atoms with Gasteiger partial charge in [-0.3, -0.25) is 4.79 Å². The van der Waals surface area contributed by atoms with Gasteiger partial charge < -0.3 is 15.4 Å². The molecular formula is C16H24N2O2. The second kappa shape index (κ2) is 7.41. The Morgan fingerprint density at radius 3 is 2.95 bits per heavy atom. The molecule has 1 saturated heterocycles. The topological polar surface area (TPSA) is 50.4 Å². The molecule has 0 radical (unpaired) electrons. The predicted molar refractivity (Wildman–Crippen MR) is 79.5 cm³/mol. The summed E-state index contributed by atoms with van der Waals surface area (Å²) in [4.78, 5) is 11.8. The minimum absolute atomic E-state index is 0.0260. The van der Waals surface area contributed by atoms with Crippen molar-refractivity contribution in [1.82, 2.24) is 10.6 Å². The molecule has 0 aliphatic carbocycles. The van der Waals surface area contributed by atoms with Crippen LogP contribution in [0.1, 0.15) is 30.9 Å². The first-order valence-electron chi connectivity index (χ1n) is 7.33. The predicted octanol–water partition coefficient (Wildman–Crippen LogP) is 1.77. The Bertz CT molecular complexity index is 442. The van der Waals surface area contributed by atoms with E-state index in [1.165, 1.54) is 5.56 Å². The van der Waals surface area contributed by atoms with Crippen molar-refractivity contribution in [2.24, 2.45) is 0 Å². The average Bonchev–Trinajstić information content (AvgIpc) is 2.98. The van der Waals surface area contributed by atoms with E-state index in [9.17, 15) is 4.79 Å². The van der Waals surface area contributed by atoms with Crippen LogP contribution in [0, 0.1) is 6.92 Å². The number of rotatable bonds is 6. The van der Waals surface area contributed by atoms with Crippen LogP contribution in [0.4, 0.5) is 0 Å². The lowest BCUT2D eigenvalue weighted by Crippen LogP contribution is -2.43. The molecule has 4 heteroatoms. The molecule has 1 aliphatic rings. The van der Waals surface area contributed by atoms with E-state index in [0.717, 1.165) is 25.0 Å². The van der Waals surface area contributed by atoms with E-state index < -0.39 is 0 Å². The zero-order valence-electron chi connectivity index (χ0n) is 12.3. The molecule has 0 bridgehead atoms. The summed E-state index contributed by atoms with van der Waals surface area (Å²) in [6, 6.07) is 8.32. The molecule has 110 valence electrons. The Morgan fingerprint density at radius 1 is 1.45 bits per heavy atom. The van der Waals surface area contributed by atoms with Crippen molar-refractivity contribution in [1.29, 1.82) is 0 Å². The van der Waals surface area contributed by atoms with E-state index in [0.29, 0.717) is 13.1 Å². The van der Waals surface area contributed by atoms with Crippen LogP contribution in [0.2, 0.25) is 0 Å². The Hall–Kier alpha value is -1.39. The van der Waals surface area contributed by atoms with Gasteiger partial charge in [0, 0.05) is 19.2 Å². The third-order valence-electron chi connectivity index (χ3n) is 3.84. The molecule has 0 saturated carbocycles. The molecule has 0 spiro atoms. The smallest absolute Gasteiger partial charge is 0.234 e. The van der Waals surface area contributed by atoms with Crippen LogP contribution in [0.25, 0.3) is 0 Å². The van der Waals surface area contributed by atoms with Crippen molar-refractivity contribution in [2.75, 3.05) is 13.2 Å². The first kappa shape index (κ1) is 15.0. The molecule has 1 fully saturated rings. The van der Waals surface area contributed by atoms with E-state index >= 15 is 0 Å². The fourth-order valence-electron chi connectivity index (χ4n) is 2.45. The average molecular weight is 276 g/mol. The van der Waals surface area contributed by atoms with Crippen molar-refractivity contribution >= 4 is 5.91 Å². The van der Waals surface area contributed by atoms with Gasteiger partial charge in [-0.1, -0.05) is 24.3 Å². The standard InChI is InChI=1S/C16H24N2O2/c1-12-6-3-4-7-14(12)10-18-16(19)11-17-13(2)15-8-5-9-20-15/h3-4,6-7,13,15,17H,5,8-11H2,1-2H3,(H,18,19)/t13-,15+/m1/s1. The maximum Gasteiger partial charge on any atom is 0.234 e. The third-order valence-corrected chi connectivity index (χ3v) is 3.84. The van der Waals surface area contributed by atoms with Gasteiger partial charge in [-0.05, 0) is 37.8 Å². The SMILES string of the molecule is Cc1ccccc1CNC(=O)CN[C@H](C)[C@@H]1CCCO1. The van der Waals surface area contributed by atoms with Gasteiger partial charge in [0.25, 0.3) is 0 Å². The number of amides is 1. The first-order chi connectivity index (χ1) is 9.66. The lowest BCUT2D eigenvalue weighted by Gasteiger charge is -2.19. The minimum atomic E-state index is 0.0260. The summed E-state index contributed by atoms with van der Waals surface area (Å²) in [5.41, 5.74) is 2.36. The third kappa shape index (κ3) is 4.32. The number of ether oxygens (including phenoxy) is 1. The Kier molecular flexibility index (Phi) is 5.56. The molecule has 1 aliphatic heterocycles. The van der Waals surface area contributed by atoms with E-state index in [4.69, 9.17) is 4.74 Å². The highest BCUT2D eigenvalue weighted by molar-refractivity contribution is 5.78. The van der Waals surface area contributed by atoms with Gasteiger partial charge in [0.2, 0.25) is 5.91 Å². The van der Waals surface area contributed by atoms with Gasteiger partial charge in [0.1, 0.15) is 0 Å². The Balaban J connectivity index is 1.69. The van der Waals surface area contributed by atoms with Gasteiger partial charge in [0.05, 0.1) is 12.6 Å². The summed E-state index contributed by atoms with van der Waals surface area (Å²) in [5, 5.41) is 6.18. The maximum absolute atomic E-state index is 11.8. The Labute approximate surface area is 120 Å². The number of hydrogen-bond acceptors (Lipinski definition) is 3. The van der Waals surface area contributed by atoms with Crippen LogP contribution in [-0.2, 0) is 16.1 Å². The second-order valence-corrected chi connectivity index (χ2v) is 5.42. The van der Waals surface area contributed by atoms with Crippen LogP contribution < -0.4 is 10.6 Å². The number of hydrogen-bond donors (Lipinski definition) is 2. The van der Waals surface area contributed by atoms with Crippen molar-refractivity contribution in [3.63, 3.8) is 0 Å². The van der Waals surface area contributed by atoms with E-state index in [1.807, 2.05) is 18.2 Å². The summed E-state index contributed by atoms with van der Waals surface area (Å²) in [5.74, 6) is 0.0260. The molecule has 20 heavy (non-hydrogen) atoms. The molecule has 1 aromatic carbocycles. The number of aryl methyl sites for hydroxylation is 1. The molecule has 1 heterocycles. The minimum Gasteiger partial charge on any atom is -0.377 e. The van der Waals surface area contributed by atoms with Gasteiger partial charge >= 0.3 is 0 Å². The Morgan fingerprint density at radius 2 is 2.25 bits per heavy atom. The summed E-state index contributed by atoms with van der Waals surface area (Å²) in [6.07, 6.45) is 2.45. The normalized spacial score (nSPS) is 19.8. The summed E-state index contributed by atoms with van der Waals surface area (Å²) in [6.45, 7) is 5.90. The van der Waals surface area contributed by atoms with Gasteiger partial charge in [-0.25, -0.2) is 0 Å². The molecule has 2 N–H and O–H groups in total. The number of carbonyl (C=O) groups excluding carboxylic acids is 1. The second-order valence-electron chi connectivity index (χ2n) is 5.42. The van der Waals surface area contributed by atoms with E-state index in [1.54, 1.807) is 0 Å². The van der Waals surface area contributed by atoms with Crippen LogP contribution in [-0.4, -0.2) is 31.2 Å². The molecule has 2 rings (SSSR count). The maximum atomic E-state index is 11.8. The first-order valence-corrected chi connectivity index (χ1v) is 7.33. The van der Waals surface area contributed by atoms with E-state index in [2.05, 4.69) is 30.5 Å². The highest BCUT2D eigenvalue weighted by Gasteiger charge is 2.22. The van der Waals surface area contributed by atoms with Crippen molar-refractivity contribution in [3.8, 4) is 0 Å². The number of benzene rings is 1. The van der Waals surface area contributed by atoms with Gasteiger partial charge in [0.15, 0.2) is 0 Å². The van der Waals surface area contributed by atoms with Crippen LogP contribution in [0.15, 0.2) is 24.3 Å². The molecule has 4 nitrogen and oxygen atoms in total. The monoisotopic (exact) mass is 276 g/mol. The highest BCUT2D eigenvalue weighted by Crippen LogP contribution is 2.15. The molecule has 0 aromatic heterocycles. The van der Waals surface area contributed by atoms with Crippen LogP contribution >= 0.6 is 0 Å². The fraction of sp³-hybridized carbons (Fsp3) is 0.562. The molecule has 1 amide bonds. The zero-order chi connectivity index (χ0) is 14.4. The lowest BCUT2D eigenvalue weighted by atomic mass is 10.1. The number of nitrogens with one attached hydrogen (secondary N) is 2. The zero-order valence-corrected chi connectivity index (χ0v) is 12.3. The summed E-state index contributed by atoms with van der Waals surface area (Å²) in [7, 11) is 0. The largest absolute Gasteiger partial charge is 0.377 e. The van der Waals surface area contributed by atoms with Gasteiger partial charge in [-0.2, -0.15) is 0 Å². The van der Waals surface area contributed by atoms with E-state index in [-0.39, 0.29) is 18.1 Å². The van der Waals surface area contributed by atoms with Crippen LogP contribution in [0.3, 0.4) is 0 Å². The summed E-state index contributed by atoms with van der Waals surface area (Å²) >= 11 is 0. The molecule has 2 atom stereocenters. The molecular weight excluding hydrogens is 252 g/mol. The quantitative estimate of drug-likeness (QED) is 0.832. The van der Waals surface area contributed by atoms with Gasteiger partial charge in [-0.15, -0.1) is 0 Å². The molecule has 0 unspecified atom stereocenters. The number of carbonyl (C=O) groups is 1. The van der Waals surface area contributed by atoms with Crippen LogP contribution in [0.5, 0.6) is 0 Å².